The van der Waals surface area contributed by atoms with Crippen LogP contribution in [0.15, 0.2) is 24.3 Å². The summed E-state index contributed by atoms with van der Waals surface area (Å²) in [4.78, 5) is 25.9. The minimum atomic E-state index is 0.163. The highest BCUT2D eigenvalue weighted by atomic mass is 16.2. The Hall–Kier alpha value is -1.84. The highest BCUT2D eigenvalue weighted by Crippen LogP contribution is 2.25. The van der Waals surface area contributed by atoms with Gasteiger partial charge in [-0.25, -0.2) is 0 Å². The number of likely N-dealkylation sites (tertiary alicyclic amines) is 1. The number of nitrogens with one attached hydrogen (secondary N) is 1. The van der Waals surface area contributed by atoms with Crippen LogP contribution in [-0.2, 0) is 16.0 Å². The van der Waals surface area contributed by atoms with Crippen molar-refractivity contribution in [3.05, 3.63) is 35.4 Å². The lowest BCUT2D eigenvalue weighted by molar-refractivity contribution is -0.134. The van der Waals surface area contributed by atoms with Crippen LogP contribution in [0.25, 0.3) is 0 Å². The van der Waals surface area contributed by atoms with Crippen LogP contribution in [-0.4, -0.2) is 35.8 Å². The topological polar surface area (TPSA) is 49.4 Å². The molecule has 1 aromatic carbocycles. The number of nitrogens with zero attached hydrogens (tertiary/aromatic N) is 1. The average molecular weight is 286 g/mol. The molecule has 2 unspecified atom stereocenters. The molecule has 112 valence electrons. The molecule has 2 saturated heterocycles. The van der Waals surface area contributed by atoms with Crippen molar-refractivity contribution >= 4 is 11.8 Å². The van der Waals surface area contributed by atoms with Gasteiger partial charge in [0.15, 0.2) is 0 Å². The fourth-order valence-electron chi connectivity index (χ4n) is 3.42. The van der Waals surface area contributed by atoms with Gasteiger partial charge in [0.25, 0.3) is 0 Å². The summed E-state index contributed by atoms with van der Waals surface area (Å²) in [5.41, 5.74) is 2.28. The first-order valence-electron chi connectivity index (χ1n) is 7.75. The molecule has 2 atom stereocenters. The minimum absolute atomic E-state index is 0.163. The number of hydrogen-bond acceptors (Lipinski definition) is 2. The predicted molar refractivity (Wildman–Crippen MR) is 80.7 cm³/mol. The number of fused-ring (bicyclic) bond motifs is 1. The highest BCUT2D eigenvalue weighted by molar-refractivity contribution is 5.80. The first kappa shape index (κ1) is 14.1. The van der Waals surface area contributed by atoms with E-state index in [1.54, 1.807) is 0 Å². The number of rotatable bonds is 2. The Bertz CT molecular complexity index is 555. The number of carbonyl (C=O) groups excluding carboxylic acids is 2. The molecule has 0 spiro atoms. The molecule has 2 fully saturated rings. The van der Waals surface area contributed by atoms with E-state index in [1.807, 2.05) is 36.1 Å². The van der Waals surface area contributed by atoms with Crippen LogP contribution in [0, 0.1) is 12.8 Å². The summed E-state index contributed by atoms with van der Waals surface area (Å²) < 4.78 is 0. The average Bonchev–Trinajstić information content (AvgIpc) is 2.49. The Kier molecular flexibility index (Phi) is 3.95. The van der Waals surface area contributed by atoms with Gasteiger partial charge in [-0.1, -0.05) is 24.3 Å². The molecule has 21 heavy (non-hydrogen) atoms. The van der Waals surface area contributed by atoms with Crippen molar-refractivity contribution in [3.8, 4) is 0 Å². The summed E-state index contributed by atoms with van der Waals surface area (Å²) in [5, 5.41) is 3.06. The molecule has 2 aliphatic rings. The maximum atomic E-state index is 12.5. The van der Waals surface area contributed by atoms with E-state index in [2.05, 4.69) is 5.32 Å². The van der Waals surface area contributed by atoms with Crippen LogP contribution >= 0.6 is 0 Å². The number of piperidine rings is 2. The van der Waals surface area contributed by atoms with Crippen molar-refractivity contribution < 1.29 is 9.59 Å². The van der Waals surface area contributed by atoms with Gasteiger partial charge in [0.1, 0.15) is 0 Å². The van der Waals surface area contributed by atoms with E-state index in [4.69, 9.17) is 0 Å². The monoisotopic (exact) mass is 286 g/mol. The van der Waals surface area contributed by atoms with Crippen LogP contribution in [0.4, 0.5) is 0 Å². The standard InChI is InChI=1S/C17H22N2O2/c1-12-4-2-3-5-13(12)10-17(21)19-9-8-15-14(11-19)6-7-16(20)18-15/h2-5,14-15H,6-11H2,1H3,(H,18,20). The Morgan fingerprint density at radius 3 is 2.95 bits per heavy atom. The van der Waals surface area contributed by atoms with E-state index in [0.29, 0.717) is 18.8 Å². The van der Waals surface area contributed by atoms with Gasteiger partial charge < -0.3 is 10.2 Å². The summed E-state index contributed by atoms with van der Waals surface area (Å²) in [6.45, 7) is 3.59. The number of benzene rings is 1. The Balaban J connectivity index is 1.62. The van der Waals surface area contributed by atoms with Crippen LogP contribution < -0.4 is 5.32 Å². The third-order valence-electron chi connectivity index (χ3n) is 4.78. The molecule has 0 aliphatic carbocycles. The van der Waals surface area contributed by atoms with Crippen LogP contribution in [0.2, 0.25) is 0 Å². The van der Waals surface area contributed by atoms with Gasteiger partial charge >= 0.3 is 0 Å². The van der Waals surface area contributed by atoms with E-state index in [9.17, 15) is 9.59 Å². The lowest BCUT2D eigenvalue weighted by Gasteiger charge is -2.41. The molecule has 2 amide bonds. The second kappa shape index (κ2) is 5.88. The molecule has 4 nitrogen and oxygen atoms in total. The van der Waals surface area contributed by atoms with Gasteiger partial charge in [-0.05, 0) is 36.8 Å². The van der Waals surface area contributed by atoms with Crippen LogP contribution in [0.1, 0.15) is 30.4 Å². The van der Waals surface area contributed by atoms with E-state index < -0.39 is 0 Å². The van der Waals surface area contributed by atoms with Crippen molar-refractivity contribution in [2.45, 2.75) is 38.6 Å². The van der Waals surface area contributed by atoms with Crippen LogP contribution in [0.3, 0.4) is 0 Å². The maximum absolute atomic E-state index is 12.5. The van der Waals surface area contributed by atoms with Crippen LogP contribution in [0.5, 0.6) is 0 Å². The van der Waals surface area contributed by atoms with Gasteiger partial charge in [-0.3, -0.25) is 9.59 Å². The molecule has 0 aromatic heterocycles. The maximum Gasteiger partial charge on any atom is 0.227 e. The molecule has 1 N–H and O–H groups in total. The summed E-state index contributed by atoms with van der Waals surface area (Å²) >= 11 is 0. The lowest BCUT2D eigenvalue weighted by atomic mass is 9.85. The summed E-state index contributed by atoms with van der Waals surface area (Å²) in [6, 6.07) is 8.33. The van der Waals surface area contributed by atoms with E-state index in [1.165, 1.54) is 5.56 Å². The van der Waals surface area contributed by atoms with Crippen molar-refractivity contribution in [2.75, 3.05) is 13.1 Å². The summed E-state index contributed by atoms with van der Waals surface area (Å²) in [7, 11) is 0. The third kappa shape index (κ3) is 3.09. The smallest absolute Gasteiger partial charge is 0.227 e. The Morgan fingerprint density at radius 1 is 1.33 bits per heavy atom. The highest BCUT2D eigenvalue weighted by Gasteiger charge is 2.35. The molecule has 0 bridgehead atoms. The van der Waals surface area contributed by atoms with Gasteiger partial charge in [0, 0.05) is 25.6 Å². The number of amides is 2. The van der Waals surface area contributed by atoms with Crippen molar-refractivity contribution in [3.63, 3.8) is 0 Å². The second-order valence-electron chi connectivity index (χ2n) is 6.20. The van der Waals surface area contributed by atoms with Gasteiger partial charge in [-0.15, -0.1) is 0 Å². The zero-order valence-corrected chi connectivity index (χ0v) is 12.5. The number of carbonyl (C=O) groups is 2. The SMILES string of the molecule is Cc1ccccc1CC(=O)N1CCC2NC(=O)CCC2C1. The Morgan fingerprint density at radius 2 is 2.14 bits per heavy atom. The molecular formula is C17H22N2O2. The molecule has 1 aromatic rings. The van der Waals surface area contributed by atoms with Gasteiger partial charge in [0.2, 0.25) is 11.8 Å². The molecule has 4 heteroatoms. The third-order valence-corrected chi connectivity index (χ3v) is 4.78. The van der Waals surface area contributed by atoms with E-state index in [-0.39, 0.29) is 17.9 Å². The van der Waals surface area contributed by atoms with E-state index >= 15 is 0 Å². The fraction of sp³-hybridized carbons (Fsp3) is 0.529. The number of hydrogen-bond donors (Lipinski definition) is 1. The van der Waals surface area contributed by atoms with Gasteiger partial charge in [-0.2, -0.15) is 0 Å². The van der Waals surface area contributed by atoms with Crippen molar-refractivity contribution in [1.29, 1.82) is 0 Å². The largest absolute Gasteiger partial charge is 0.353 e. The first-order chi connectivity index (χ1) is 10.1. The van der Waals surface area contributed by atoms with Crippen molar-refractivity contribution in [2.24, 2.45) is 5.92 Å². The normalized spacial score (nSPS) is 25.2. The Labute approximate surface area is 125 Å². The number of aryl methyl sites for hydroxylation is 1. The van der Waals surface area contributed by atoms with E-state index in [0.717, 1.165) is 31.5 Å². The lowest BCUT2D eigenvalue weighted by Crippen LogP contribution is -2.55. The van der Waals surface area contributed by atoms with Gasteiger partial charge in [0.05, 0.1) is 6.42 Å². The zero-order chi connectivity index (χ0) is 14.8. The molecular weight excluding hydrogens is 264 g/mol. The molecule has 2 aliphatic heterocycles. The summed E-state index contributed by atoms with van der Waals surface area (Å²) in [6.07, 6.45) is 2.87. The molecule has 2 heterocycles. The minimum Gasteiger partial charge on any atom is -0.353 e. The zero-order valence-electron chi connectivity index (χ0n) is 12.5. The second-order valence-corrected chi connectivity index (χ2v) is 6.20. The quantitative estimate of drug-likeness (QED) is 0.899. The van der Waals surface area contributed by atoms with Crippen molar-refractivity contribution in [1.82, 2.24) is 10.2 Å². The summed E-state index contributed by atoms with van der Waals surface area (Å²) in [5.74, 6) is 0.799. The first-order valence-corrected chi connectivity index (χ1v) is 7.75. The fourth-order valence-corrected chi connectivity index (χ4v) is 3.42. The molecule has 0 saturated carbocycles. The molecule has 0 radical (unpaired) electrons. The molecule has 3 rings (SSSR count). The predicted octanol–water partition coefficient (Wildman–Crippen LogP) is 1.66.